The molecular formula is C19H20FN5O. The number of fused-ring (bicyclic) bond motifs is 1. The molecule has 0 saturated carbocycles. The Labute approximate surface area is 150 Å². The van der Waals surface area contributed by atoms with Crippen molar-refractivity contribution in [2.24, 2.45) is 7.05 Å². The van der Waals surface area contributed by atoms with Crippen LogP contribution in [-0.4, -0.2) is 63.7 Å². The van der Waals surface area contributed by atoms with Gasteiger partial charge in [-0.15, -0.1) is 0 Å². The van der Waals surface area contributed by atoms with Crippen molar-refractivity contribution < 1.29 is 9.18 Å². The molecule has 7 heteroatoms. The zero-order valence-electron chi connectivity index (χ0n) is 14.8. The number of aryl methyl sites for hydroxylation is 1. The van der Waals surface area contributed by atoms with E-state index in [9.17, 15) is 9.18 Å². The van der Waals surface area contributed by atoms with Crippen molar-refractivity contribution in [3.63, 3.8) is 0 Å². The molecule has 1 amide bonds. The van der Waals surface area contributed by atoms with E-state index >= 15 is 0 Å². The second-order valence-corrected chi connectivity index (χ2v) is 6.64. The van der Waals surface area contributed by atoms with E-state index in [1.54, 1.807) is 42.2 Å². The van der Waals surface area contributed by atoms with Crippen molar-refractivity contribution in [1.29, 1.82) is 0 Å². The maximum absolute atomic E-state index is 14.3. The number of benzene rings is 1. The molecular weight excluding hydrogens is 333 g/mol. The van der Waals surface area contributed by atoms with Crippen LogP contribution in [0.25, 0.3) is 22.3 Å². The van der Waals surface area contributed by atoms with Gasteiger partial charge in [0.05, 0.1) is 22.8 Å². The average Bonchev–Trinajstić information content (AvgIpc) is 3.02. The molecule has 0 aliphatic carbocycles. The molecule has 134 valence electrons. The lowest BCUT2D eigenvalue weighted by Crippen LogP contribution is -2.47. The van der Waals surface area contributed by atoms with Gasteiger partial charge in [0, 0.05) is 38.8 Å². The third-order valence-electron chi connectivity index (χ3n) is 4.88. The minimum atomic E-state index is -0.362. The number of likely N-dealkylation sites (N-methyl/N-ethyl adjacent to an activating group) is 1. The van der Waals surface area contributed by atoms with Crippen LogP contribution < -0.4 is 0 Å². The molecule has 3 heterocycles. The SMILES string of the molecule is CN1CCN(C(=O)c2cc(-c3ccccc3F)nc3c2cnn3C)CC1. The summed E-state index contributed by atoms with van der Waals surface area (Å²) in [4.78, 5) is 21.7. The summed E-state index contributed by atoms with van der Waals surface area (Å²) in [5, 5.41) is 4.93. The van der Waals surface area contributed by atoms with Crippen LogP contribution in [0.1, 0.15) is 10.4 Å². The van der Waals surface area contributed by atoms with Crippen molar-refractivity contribution >= 4 is 16.9 Å². The van der Waals surface area contributed by atoms with Crippen LogP contribution in [0.5, 0.6) is 0 Å². The van der Waals surface area contributed by atoms with E-state index < -0.39 is 0 Å². The summed E-state index contributed by atoms with van der Waals surface area (Å²) in [6, 6.07) is 8.15. The zero-order valence-corrected chi connectivity index (χ0v) is 14.8. The summed E-state index contributed by atoms with van der Waals surface area (Å²) in [6.45, 7) is 3.03. The fraction of sp³-hybridized carbons (Fsp3) is 0.316. The summed E-state index contributed by atoms with van der Waals surface area (Å²) in [5.41, 5.74) is 1.91. The highest BCUT2D eigenvalue weighted by atomic mass is 19.1. The molecule has 4 rings (SSSR count). The third kappa shape index (κ3) is 2.84. The lowest BCUT2D eigenvalue weighted by Gasteiger charge is -2.32. The van der Waals surface area contributed by atoms with E-state index in [4.69, 9.17) is 0 Å². The van der Waals surface area contributed by atoms with E-state index in [2.05, 4.69) is 15.0 Å². The summed E-state index contributed by atoms with van der Waals surface area (Å²) in [5.74, 6) is -0.421. The Morgan fingerprint density at radius 2 is 1.85 bits per heavy atom. The largest absolute Gasteiger partial charge is 0.336 e. The number of rotatable bonds is 2. The van der Waals surface area contributed by atoms with Gasteiger partial charge in [0.25, 0.3) is 5.91 Å². The number of carbonyl (C=O) groups excluding carboxylic acids is 1. The summed E-state index contributed by atoms with van der Waals surface area (Å²) in [7, 11) is 3.81. The maximum atomic E-state index is 14.3. The molecule has 0 atom stereocenters. The van der Waals surface area contributed by atoms with Crippen molar-refractivity contribution in [3.8, 4) is 11.3 Å². The molecule has 0 spiro atoms. The number of piperazine rings is 1. The van der Waals surface area contributed by atoms with Crippen LogP contribution >= 0.6 is 0 Å². The van der Waals surface area contributed by atoms with E-state index in [1.807, 2.05) is 11.9 Å². The Morgan fingerprint density at radius 3 is 2.58 bits per heavy atom. The minimum absolute atomic E-state index is 0.0592. The van der Waals surface area contributed by atoms with Crippen LogP contribution in [0, 0.1) is 5.82 Å². The molecule has 0 bridgehead atoms. The van der Waals surface area contributed by atoms with E-state index in [-0.39, 0.29) is 11.7 Å². The van der Waals surface area contributed by atoms with Gasteiger partial charge in [-0.2, -0.15) is 5.10 Å². The number of pyridine rings is 1. The fourth-order valence-corrected chi connectivity index (χ4v) is 3.28. The molecule has 3 aromatic rings. The van der Waals surface area contributed by atoms with Crippen LogP contribution in [0.3, 0.4) is 0 Å². The van der Waals surface area contributed by atoms with Crippen molar-refractivity contribution in [3.05, 3.63) is 47.9 Å². The number of halogens is 1. The smallest absolute Gasteiger partial charge is 0.254 e. The molecule has 1 fully saturated rings. The van der Waals surface area contributed by atoms with E-state index in [1.165, 1.54) is 6.07 Å². The normalized spacial score (nSPS) is 15.6. The molecule has 1 aliphatic heterocycles. The van der Waals surface area contributed by atoms with Gasteiger partial charge in [0.1, 0.15) is 5.82 Å². The number of carbonyl (C=O) groups is 1. The average molecular weight is 353 g/mol. The molecule has 0 radical (unpaired) electrons. The summed E-state index contributed by atoms with van der Waals surface area (Å²) in [6.07, 6.45) is 1.65. The van der Waals surface area contributed by atoms with Gasteiger partial charge >= 0.3 is 0 Å². The van der Waals surface area contributed by atoms with Crippen LogP contribution in [0.15, 0.2) is 36.5 Å². The number of nitrogens with zero attached hydrogens (tertiary/aromatic N) is 5. The highest BCUT2D eigenvalue weighted by Gasteiger charge is 2.24. The minimum Gasteiger partial charge on any atom is -0.336 e. The number of hydrogen-bond acceptors (Lipinski definition) is 4. The predicted octanol–water partition coefficient (Wildman–Crippen LogP) is 2.16. The Balaban J connectivity index is 1.83. The van der Waals surface area contributed by atoms with E-state index in [0.717, 1.165) is 13.1 Å². The van der Waals surface area contributed by atoms with Gasteiger partial charge in [0.15, 0.2) is 5.65 Å². The molecule has 26 heavy (non-hydrogen) atoms. The molecule has 1 aromatic carbocycles. The first-order chi connectivity index (χ1) is 12.5. The molecule has 1 saturated heterocycles. The predicted molar refractivity (Wildman–Crippen MR) is 97.3 cm³/mol. The van der Waals surface area contributed by atoms with Crippen LogP contribution in [0.4, 0.5) is 4.39 Å². The summed E-state index contributed by atoms with van der Waals surface area (Å²) < 4.78 is 15.9. The second-order valence-electron chi connectivity index (χ2n) is 6.64. The monoisotopic (exact) mass is 353 g/mol. The lowest BCUT2D eigenvalue weighted by molar-refractivity contribution is 0.0666. The van der Waals surface area contributed by atoms with Gasteiger partial charge in [-0.1, -0.05) is 12.1 Å². The number of amides is 1. The Bertz CT molecular complexity index is 975. The van der Waals surface area contributed by atoms with Gasteiger partial charge in [-0.3, -0.25) is 9.48 Å². The maximum Gasteiger partial charge on any atom is 0.254 e. The van der Waals surface area contributed by atoms with Crippen LogP contribution in [-0.2, 0) is 7.05 Å². The Morgan fingerprint density at radius 1 is 1.12 bits per heavy atom. The number of hydrogen-bond donors (Lipinski definition) is 0. The Kier molecular flexibility index (Phi) is 4.16. The van der Waals surface area contributed by atoms with Crippen molar-refractivity contribution in [2.75, 3.05) is 33.2 Å². The lowest BCUT2D eigenvalue weighted by atomic mass is 10.1. The molecule has 2 aromatic heterocycles. The highest BCUT2D eigenvalue weighted by molar-refractivity contribution is 6.06. The molecule has 1 aliphatic rings. The molecule has 0 N–H and O–H groups in total. The zero-order chi connectivity index (χ0) is 18.3. The standard InChI is InChI=1S/C19H20FN5O/c1-23-7-9-25(10-8-23)19(26)14-11-17(13-5-3-4-6-16(13)20)22-18-15(14)12-21-24(18)2/h3-6,11-12H,7-10H2,1-2H3. The van der Waals surface area contributed by atoms with Gasteiger partial charge in [-0.25, -0.2) is 9.37 Å². The van der Waals surface area contributed by atoms with Gasteiger partial charge < -0.3 is 9.80 Å². The molecule has 0 unspecified atom stereocenters. The van der Waals surface area contributed by atoms with E-state index in [0.29, 0.717) is 40.9 Å². The first kappa shape index (κ1) is 16.7. The van der Waals surface area contributed by atoms with Crippen molar-refractivity contribution in [2.45, 2.75) is 0 Å². The first-order valence-electron chi connectivity index (χ1n) is 8.60. The third-order valence-corrected chi connectivity index (χ3v) is 4.88. The first-order valence-corrected chi connectivity index (χ1v) is 8.60. The highest BCUT2D eigenvalue weighted by Crippen LogP contribution is 2.27. The van der Waals surface area contributed by atoms with Gasteiger partial charge in [-0.05, 0) is 25.2 Å². The summed E-state index contributed by atoms with van der Waals surface area (Å²) >= 11 is 0. The Hall–Kier alpha value is -2.80. The van der Waals surface area contributed by atoms with Crippen molar-refractivity contribution in [1.82, 2.24) is 24.6 Å². The fourth-order valence-electron chi connectivity index (χ4n) is 3.28. The van der Waals surface area contributed by atoms with Crippen LogP contribution in [0.2, 0.25) is 0 Å². The topological polar surface area (TPSA) is 54.3 Å². The molecule has 6 nitrogen and oxygen atoms in total. The quantitative estimate of drug-likeness (QED) is 0.709. The number of aromatic nitrogens is 3. The second kappa shape index (κ2) is 6.49. The van der Waals surface area contributed by atoms with Gasteiger partial charge in [0.2, 0.25) is 0 Å².